The molecule has 3 rings (SSSR count). The molecule has 3 atom stereocenters. The molecule has 0 aromatic heterocycles. The maximum Gasteiger partial charge on any atom is 0.0685 e. The average Bonchev–Trinajstić information content (AvgIpc) is 3.09. The van der Waals surface area contributed by atoms with E-state index < -0.39 is 0 Å². The topological polar surface area (TPSA) is 21.3 Å². The van der Waals surface area contributed by atoms with E-state index in [0.717, 1.165) is 24.5 Å². The van der Waals surface area contributed by atoms with Crippen molar-refractivity contribution in [1.29, 1.82) is 0 Å². The molecule has 3 unspecified atom stereocenters. The second-order valence-electron chi connectivity index (χ2n) is 8.62. The molecule has 2 nitrogen and oxygen atoms in total. The summed E-state index contributed by atoms with van der Waals surface area (Å²) in [5, 5.41) is 3.92. The minimum atomic E-state index is 0.256. The van der Waals surface area contributed by atoms with Gasteiger partial charge in [0.15, 0.2) is 0 Å². The van der Waals surface area contributed by atoms with Gasteiger partial charge in [0, 0.05) is 12.6 Å². The molecule has 1 heterocycles. The van der Waals surface area contributed by atoms with Crippen LogP contribution in [-0.2, 0) is 4.74 Å². The standard InChI is InChI=1S/C19H35NO/c1-4-11-20-17(16-14-18(16,2)3)15-8-12-21-19(13-15)9-6-5-7-10-19/h15-17,20H,4-14H2,1-3H3. The summed E-state index contributed by atoms with van der Waals surface area (Å²) in [5.41, 5.74) is 0.829. The van der Waals surface area contributed by atoms with E-state index in [2.05, 4.69) is 26.1 Å². The Morgan fingerprint density at radius 2 is 1.86 bits per heavy atom. The molecule has 122 valence electrons. The van der Waals surface area contributed by atoms with Crippen molar-refractivity contribution < 1.29 is 4.74 Å². The van der Waals surface area contributed by atoms with Crippen LogP contribution in [0.15, 0.2) is 0 Å². The normalized spacial score (nSPS) is 35.6. The van der Waals surface area contributed by atoms with Crippen LogP contribution in [0, 0.1) is 17.3 Å². The highest BCUT2D eigenvalue weighted by Crippen LogP contribution is 2.56. The number of hydrogen-bond acceptors (Lipinski definition) is 2. The van der Waals surface area contributed by atoms with Crippen LogP contribution in [0.25, 0.3) is 0 Å². The summed E-state index contributed by atoms with van der Waals surface area (Å²) < 4.78 is 6.32. The van der Waals surface area contributed by atoms with Gasteiger partial charge in [-0.25, -0.2) is 0 Å². The SMILES string of the molecule is CCCNC(C1CCOC2(CCCCC2)C1)C1CC1(C)C. The lowest BCUT2D eigenvalue weighted by molar-refractivity contribution is -0.123. The average molecular weight is 293 g/mol. The Bertz CT molecular complexity index is 340. The molecule has 0 aromatic rings. The Kier molecular flexibility index (Phi) is 4.66. The van der Waals surface area contributed by atoms with Gasteiger partial charge >= 0.3 is 0 Å². The van der Waals surface area contributed by atoms with Gasteiger partial charge in [0.05, 0.1) is 5.60 Å². The van der Waals surface area contributed by atoms with Gasteiger partial charge in [-0.1, -0.05) is 40.0 Å². The minimum absolute atomic E-state index is 0.256. The monoisotopic (exact) mass is 293 g/mol. The highest BCUT2D eigenvalue weighted by atomic mass is 16.5. The van der Waals surface area contributed by atoms with Crippen molar-refractivity contribution >= 4 is 0 Å². The van der Waals surface area contributed by atoms with Gasteiger partial charge in [-0.2, -0.15) is 0 Å². The Morgan fingerprint density at radius 1 is 1.14 bits per heavy atom. The third kappa shape index (κ3) is 3.47. The van der Waals surface area contributed by atoms with E-state index in [9.17, 15) is 0 Å². The van der Waals surface area contributed by atoms with E-state index in [4.69, 9.17) is 4.74 Å². The molecule has 3 aliphatic rings. The van der Waals surface area contributed by atoms with Crippen LogP contribution in [0.2, 0.25) is 0 Å². The Labute approximate surface area is 131 Å². The number of hydrogen-bond donors (Lipinski definition) is 1. The molecule has 0 radical (unpaired) electrons. The fourth-order valence-electron chi connectivity index (χ4n) is 4.99. The lowest BCUT2D eigenvalue weighted by Gasteiger charge is -2.46. The second kappa shape index (κ2) is 6.20. The van der Waals surface area contributed by atoms with Crippen molar-refractivity contribution in [3.8, 4) is 0 Å². The predicted octanol–water partition coefficient (Wildman–Crippen LogP) is 4.53. The molecule has 0 amide bonds. The van der Waals surface area contributed by atoms with Crippen LogP contribution in [0.3, 0.4) is 0 Å². The van der Waals surface area contributed by atoms with Gasteiger partial charge < -0.3 is 10.1 Å². The quantitative estimate of drug-likeness (QED) is 0.804. The largest absolute Gasteiger partial charge is 0.375 e. The van der Waals surface area contributed by atoms with Gasteiger partial charge in [0.25, 0.3) is 0 Å². The Hall–Kier alpha value is -0.0800. The van der Waals surface area contributed by atoms with Crippen LogP contribution in [0.4, 0.5) is 0 Å². The maximum absolute atomic E-state index is 6.32. The predicted molar refractivity (Wildman–Crippen MR) is 88.5 cm³/mol. The fraction of sp³-hybridized carbons (Fsp3) is 1.00. The molecule has 3 fully saturated rings. The smallest absolute Gasteiger partial charge is 0.0685 e. The van der Waals surface area contributed by atoms with Crippen molar-refractivity contribution in [3.05, 3.63) is 0 Å². The molecule has 1 saturated heterocycles. The molecule has 1 aliphatic heterocycles. The highest BCUT2D eigenvalue weighted by Gasteiger charge is 2.53. The summed E-state index contributed by atoms with van der Waals surface area (Å²) in [6.45, 7) is 9.38. The van der Waals surface area contributed by atoms with Crippen LogP contribution in [0.1, 0.15) is 78.6 Å². The summed E-state index contributed by atoms with van der Waals surface area (Å²) in [5.74, 6) is 1.74. The van der Waals surface area contributed by atoms with Gasteiger partial charge in [0.2, 0.25) is 0 Å². The van der Waals surface area contributed by atoms with Gasteiger partial charge in [-0.3, -0.25) is 0 Å². The third-order valence-corrected chi connectivity index (χ3v) is 6.46. The lowest BCUT2D eigenvalue weighted by Crippen LogP contribution is -2.49. The van der Waals surface area contributed by atoms with E-state index in [1.54, 1.807) is 0 Å². The second-order valence-corrected chi connectivity index (χ2v) is 8.62. The zero-order valence-electron chi connectivity index (χ0n) is 14.4. The van der Waals surface area contributed by atoms with Crippen LogP contribution in [-0.4, -0.2) is 24.8 Å². The molecule has 0 bridgehead atoms. The summed E-state index contributed by atoms with van der Waals surface area (Å²) >= 11 is 0. The summed E-state index contributed by atoms with van der Waals surface area (Å²) in [7, 11) is 0. The first kappa shape index (κ1) is 15.8. The number of nitrogens with one attached hydrogen (secondary N) is 1. The molecule has 2 saturated carbocycles. The molecular weight excluding hydrogens is 258 g/mol. The van der Waals surface area contributed by atoms with E-state index >= 15 is 0 Å². The van der Waals surface area contributed by atoms with E-state index in [1.807, 2.05) is 0 Å². The van der Waals surface area contributed by atoms with Crippen LogP contribution in [0.5, 0.6) is 0 Å². The molecule has 1 spiro atoms. The zero-order valence-corrected chi connectivity index (χ0v) is 14.4. The summed E-state index contributed by atoms with van der Waals surface area (Å²) in [4.78, 5) is 0. The molecular formula is C19H35NO. The first-order chi connectivity index (χ1) is 10.1. The van der Waals surface area contributed by atoms with Crippen LogP contribution < -0.4 is 5.32 Å². The van der Waals surface area contributed by atoms with Crippen molar-refractivity contribution in [2.45, 2.75) is 90.2 Å². The van der Waals surface area contributed by atoms with Gasteiger partial charge in [-0.15, -0.1) is 0 Å². The van der Waals surface area contributed by atoms with Crippen molar-refractivity contribution in [1.82, 2.24) is 5.32 Å². The lowest BCUT2D eigenvalue weighted by atomic mass is 9.73. The first-order valence-corrected chi connectivity index (χ1v) is 9.44. The molecule has 2 aliphatic carbocycles. The zero-order chi connectivity index (χ0) is 14.9. The minimum Gasteiger partial charge on any atom is -0.375 e. The summed E-state index contributed by atoms with van der Waals surface area (Å²) in [6.07, 6.45) is 12.1. The molecule has 0 aromatic carbocycles. The van der Waals surface area contributed by atoms with E-state index in [0.29, 0.717) is 5.41 Å². The highest BCUT2D eigenvalue weighted by molar-refractivity contribution is 5.05. The van der Waals surface area contributed by atoms with Crippen LogP contribution >= 0.6 is 0 Å². The first-order valence-electron chi connectivity index (χ1n) is 9.44. The number of rotatable bonds is 5. The maximum atomic E-state index is 6.32. The number of ether oxygens (including phenoxy) is 1. The molecule has 21 heavy (non-hydrogen) atoms. The van der Waals surface area contributed by atoms with E-state index in [1.165, 1.54) is 64.3 Å². The van der Waals surface area contributed by atoms with Gasteiger partial charge in [-0.05, 0) is 62.3 Å². The summed E-state index contributed by atoms with van der Waals surface area (Å²) in [6, 6.07) is 0.739. The third-order valence-electron chi connectivity index (χ3n) is 6.46. The van der Waals surface area contributed by atoms with Crippen molar-refractivity contribution in [3.63, 3.8) is 0 Å². The Morgan fingerprint density at radius 3 is 2.48 bits per heavy atom. The Balaban J connectivity index is 1.66. The van der Waals surface area contributed by atoms with Gasteiger partial charge in [0.1, 0.15) is 0 Å². The molecule has 1 N–H and O–H groups in total. The fourth-order valence-corrected chi connectivity index (χ4v) is 4.99. The van der Waals surface area contributed by atoms with Crippen molar-refractivity contribution in [2.24, 2.45) is 17.3 Å². The molecule has 2 heteroatoms. The van der Waals surface area contributed by atoms with E-state index in [-0.39, 0.29) is 5.60 Å². The van der Waals surface area contributed by atoms with Crippen molar-refractivity contribution in [2.75, 3.05) is 13.2 Å².